The predicted molar refractivity (Wildman–Crippen MR) is 68.3 cm³/mol. The molecular formula is C13H11BrNNaO4. The Labute approximate surface area is 146 Å². The van der Waals surface area contributed by atoms with Gasteiger partial charge in [-0.1, -0.05) is 29.8 Å². The van der Waals surface area contributed by atoms with Crippen LogP contribution in [-0.2, 0) is 4.79 Å². The number of aliphatic carboxylic acids is 1. The average molecular weight is 348 g/mol. The first-order chi connectivity index (χ1) is 8.84. The number of hydrogen-bond donors (Lipinski definition) is 0. The first kappa shape index (κ1) is 17.4. The standard InChI is InChI=1S/C13H12BrNO4.Na/c1-6(2)10(13(18)19)15-11(16)8-4-3-7(14)5-9(8)12(15)17;/h3-6,10H,1-2H3,(H,18,19);/q;+1/p-1. The van der Waals surface area contributed by atoms with Crippen LogP contribution < -0.4 is 34.7 Å². The quantitative estimate of drug-likeness (QED) is 0.460. The first-order valence-corrected chi connectivity index (χ1v) is 6.52. The molecule has 7 heteroatoms. The van der Waals surface area contributed by atoms with Crippen LogP contribution in [-0.4, -0.2) is 28.7 Å². The zero-order valence-corrected chi connectivity index (χ0v) is 14.9. The number of rotatable bonds is 3. The van der Waals surface area contributed by atoms with Crippen LogP contribution in [0.2, 0.25) is 0 Å². The Morgan fingerprint density at radius 3 is 2.25 bits per heavy atom. The molecule has 1 atom stereocenters. The fourth-order valence-corrected chi connectivity index (χ4v) is 2.52. The second-order valence-electron chi connectivity index (χ2n) is 4.68. The van der Waals surface area contributed by atoms with E-state index in [0.29, 0.717) is 4.47 Å². The summed E-state index contributed by atoms with van der Waals surface area (Å²) in [5.74, 6) is -3.03. The normalized spacial score (nSPS) is 15.1. The minimum absolute atomic E-state index is 0. The molecule has 2 rings (SSSR count). The fraction of sp³-hybridized carbons (Fsp3) is 0.308. The van der Waals surface area contributed by atoms with Crippen LogP contribution >= 0.6 is 15.9 Å². The zero-order valence-electron chi connectivity index (χ0n) is 11.3. The molecular weight excluding hydrogens is 337 g/mol. The number of fused-ring (bicyclic) bond motifs is 1. The Morgan fingerprint density at radius 2 is 1.75 bits per heavy atom. The van der Waals surface area contributed by atoms with Crippen molar-refractivity contribution in [1.29, 1.82) is 0 Å². The molecule has 0 radical (unpaired) electrons. The molecule has 0 aromatic heterocycles. The molecule has 0 spiro atoms. The SMILES string of the molecule is CC(C)C(C(=O)[O-])N1C(=O)c2ccc(Br)cc2C1=O.[Na+]. The smallest absolute Gasteiger partial charge is 0.548 e. The molecule has 0 saturated carbocycles. The third-order valence-electron chi connectivity index (χ3n) is 3.03. The summed E-state index contributed by atoms with van der Waals surface area (Å²) in [5.41, 5.74) is 0.436. The molecule has 0 saturated heterocycles. The first-order valence-electron chi connectivity index (χ1n) is 5.73. The summed E-state index contributed by atoms with van der Waals surface area (Å²) in [6.45, 7) is 3.25. The number of benzene rings is 1. The molecule has 0 bridgehead atoms. The second-order valence-corrected chi connectivity index (χ2v) is 5.59. The van der Waals surface area contributed by atoms with E-state index in [9.17, 15) is 19.5 Å². The molecule has 2 amide bonds. The van der Waals surface area contributed by atoms with Crippen molar-refractivity contribution in [3.8, 4) is 0 Å². The number of amides is 2. The Bertz CT molecular complexity index is 588. The van der Waals surface area contributed by atoms with Crippen molar-refractivity contribution in [2.75, 3.05) is 0 Å². The topological polar surface area (TPSA) is 77.5 Å². The maximum Gasteiger partial charge on any atom is 1.00 e. The fourth-order valence-electron chi connectivity index (χ4n) is 2.16. The van der Waals surface area contributed by atoms with E-state index in [1.807, 2.05) is 0 Å². The van der Waals surface area contributed by atoms with Crippen LogP contribution in [0, 0.1) is 5.92 Å². The van der Waals surface area contributed by atoms with Crippen molar-refractivity contribution in [3.63, 3.8) is 0 Å². The molecule has 1 aromatic carbocycles. The van der Waals surface area contributed by atoms with Crippen LogP contribution in [0.25, 0.3) is 0 Å². The number of imide groups is 1. The number of carboxylic acid groups (broad SMARTS) is 1. The maximum absolute atomic E-state index is 12.2. The van der Waals surface area contributed by atoms with Gasteiger partial charge in [0.25, 0.3) is 11.8 Å². The summed E-state index contributed by atoms with van der Waals surface area (Å²) >= 11 is 3.22. The van der Waals surface area contributed by atoms with Crippen molar-refractivity contribution < 1.29 is 49.0 Å². The van der Waals surface area contributed by atoms with Crippen molar-refractivity contribution >= 4 is 33.7 Å². The number of hydrogen-bond acceptors (Lipinski definition) is 4. The molecule has 1 aliphatic heterocycles. The second kappa shape index (κ2) is 6.39. The molecule has 100 valence electrons. The Hall–Kier alpha value is -0.690. The largest absolute Gasteiger partial charge is 1.00 e. The van der Waals surface area contributed by atoms with E-state index in [2.05, 4.69) is 15.9 Å². The number of carboxylic acids is 1. The summed E-state index contributed by atoms with van der Waals surface area (Å²) in [6.07, 6.45) is 0. The summed E-state index contributed by atoms with van der Waals surface area (Å²) < 4.78 is 0.656. The van der Waals surface area contributed by atoms with Gasteiger partial charge in [-0.25, -0.2) is 0 Å². The third-order valence-corrected chi connectivity index (χ3v) is 3.52. The van der Waals surface area contributed by atoms with Gasteiger partial charge in [0.15, 0.2) is 0 Å². The molecule has 0 aliphatic carbocycles. The monoisotopic (exact) mass is 347 g/mol. The zero-order chi connectivity index (χ0) is 14.3. The van der Waals surface area contributed by atoms with E-state index in [0.717, 1.165) is 4.90 Å². The summed E-state index contributed by atoms with van der Waals surface area (Å²) in [6, 6.07) is 3.40. The van der Waals surface area contributed by atoms with E-state index >= 15 is 0 Å². The molecule has 1 heterocycles. The van der Waals surface area contributed by atoms with Crippen molar-refractivity contribution in [2.45, 2.75) is 19.9 Å². The van der Waals surface area contributed by atoms with Crippen LogP contribution in [0.4, 0.5) is 0 Å². The van der Waals surface area contributed by atoms with Gasteiger partial charge >= 0.3 is 29.6 Å². The van der Waals surface area contributed by atoms with Gasteiger partial charge in [-0.05, 0) is 24.1 Å². The van der Waals surface area contributed by atoms with Gasteiger partial charge in [0.2, 0.25) is 0 Å². The minimum Gasteiger partial charge on any atom is -0.548 e. The van der Waals surface area contributed by atoms with E-state index in [1.165, 1.54) is 12.1 Å². The Balaban J connectivity index is 0.00000200. The van der Waals surface area contributed by atoms with Gasteiger partial charge in [0, 0.05) is 4.47 Å². The van der Waals surface area contributed by atoms with Gasteiger partial charge in [0.1, 0.15) is 0 Å². The Morgan fingerprint density at radius 1 is 1.20 bits per heavy atom. The number of nitrogens with zero attached hydrogens (tertiary/aromatic N) is 1. The summed E-state index contributed by atoms with van der Waals surface area (Å²) in [7, 11) is 0. The molecule has 20 heavy (non-hydrogen) atoms. The number of halogens is 1. The van der Waals surface area contributed by atoms with Crippen LogP contribution in [0.15, 0.2) is 22.7 Å². The molecule has 1 aliphatic rings. The van der Waals surface area contributed by atoms with E-state index in [-0.39, 0.29) is 40.7 Å². The van der Waals surface area contributed by atoms with Crippen LogP contribution in [0.1, 0.15) is 34.6 Å². The number of carbonyl (C=O) groups is 3. The molecule has 5 nitrogen and oxygen atoms in total. The predicted octanol–water partition coefficient (Wildman–Crippen LogP) is -2.18. The van der Waals surface area contributed by atoms with Crippen molar-refractivity contribution in [2.24, 2.45) is 5.92 Å². The summed E-state index contributed by atoms with van der Waals surface area (Å²) in [5, 5.41) is 11.2. The molecule has 1 unspecified atom stereocenters. The number of carbonyl (C=O) groups excluding carboxylic acids is 3. The van der Waals surface area contributed by atoms with Gasteiger partial charge in [-0.3, -0.25) is 14.5 Å². The van der Waals surface area contributed by atoms with E-state index in [4.69, 9.17) is 0 Å². The van der Waals surface area contributed by atoms with Gasteiger partial charge in [0.05, 0.1) is 23.1 Å². The summed E-state index contributed by atoms with van der Waals surface area (Å²) in [4.78, 5) is 36.3. The molecule has 0 fully saturated rings. The van der Waals surface area contributed by atoms with Crippen molar-refractivity contribution in [3.05, 3.63) is 33.8 Å². The van der Waals surface area contributed by atoms with Gasteiger partial charge in [-0.15, -0.1) is 0 Å². The Kier molecular flexibility index (Phi) is 5.54. The molecule has 0 N–H and O–H groups in total. The van der Waals surface area contributed by atoms with Crippen LogP contribution in [0.5, 0.6) is 0 Å². The van der Waals surface area contributed by atoms with E-state index < -0.39 is 29.7 Å². The average Bonchev–Trinajstić information content (AvgIpc) is 2.53. The van der Waals surface area contributed by atoms with Gasteiger partial charge < -0.3 is 9.90 Å². The minimum atomic E-state index is -1.43. The van der Waals surface area contributed by atoms with E-state index in [1.54, 1.807) is 19.9 Å². The van der Waals surface area contributed by atoms with Gasteiger partial charge in [-0.2, -0.15) is 0 Å². The van der Waals surface area contributed by atoms with Crippen LogP contribution in [0.3, 0.4) is 0 Å². The maximum atomic E-state index is 12.2. The van der Waals surface area contributed by atoms with Crippen molar-refractivity contribution in [1.82, 2.24) is 4.90 Å². The third kappa shape index (κ3) is 2.83. The molecule has 1 aromatic rings.